The van der Waals surface area contributed by atoms with Gasteiger partial charge in [-0.2, -0.15) is 0 Å². The lowest BCUT2D eigenvalue weighted by Gasteiger charge is -2.22. The van der Waals surface area contributed by atoms with Crippen LogP contribution in [0.2, 0.25) is 0 Å². The van der Waals surface area contributed by atoms with Crippen LogP contribution in [0.25, 0.3) is 0 Å². The number of hydrogen-bond acceptors (Lipinski definition) is 3. The van der Waals surface area contributed by atoms with E-state index < -0.39 is 0 Å². The molecule has 0 saturated heterocycles. The first kappa shape index (κ1) is 10.2. The van der Waals surface area contributed by atoms with Crippen LogP contribution in [0.15, 0.2) is 18.2 Å². The fraction of sp³-hybridized carbons (Fsp3) is 0.333. The first-order valence-electron chi connectivity index (χ1n) is 3.99. The van der Waals surface area contributed by atoms with E-state index in [-0.39, 0.29) is 24.3 Å². The van der Waals surface area contributed by atoms with Crippen LogP contribution in [0.4, 0.5) is 5.69 Å². The molecule has 1 aromatic rings. The molecule has 1 heterocycles. The summed E-state index contributed by atoms with van der Waals surface area (Å²) >= 11 is 0. The highest BCUT2D eigenvalue weighted by molar-refractivity contribution is 5.85. The van der Waals surface area contributed by atoms with Crippen LogP contribution in [0.3, 0.4) is 0 Å². The molecule has 13 heavy (non-hydrogen) atoms. The van der Waals surface area contributed by atoms with Gasteiger partial charge in [-0.25, -0.2) is 0 Å². The Morgan fingerprint density at radius 1 is 1.38 bits per heavy atom. The number of benzene rings is 1. The van der Waals surface area contributed by atoms with Gasteiger partial charge in [-0.15, -0.1) is 12.4 Å². The minimum Gasteiger partial charge on any atom is -0.508 e. The lowest BCUT2D eigenvalue weighted by Crippen LogP contribution is -2.27. The second-order valence-electron chi connectivity index (χ2n) is 3.08. The highest BCUT2D eigenvalue weighted by Gasteiger charge is 2.15. The molecule has 1 unspecified atom stereocenters. The number of nitrogens with one attached hydrogen (secondary N) is 1. The van der Waals surface area contributed by atoms with Crippen molar-refractivity contribution in [1.82, 2.24) is 0 Å². The summed E-state index contributed by atoms with van der Waals surface area (Å²) in [7, 11) is 0. The fourth-order valence-electron chi connectivity index (χ4n) is 1.48. The summed E-state index contributed by atoms with van der Waals surface area (Å²) in [6.45, 7) is 0.595. The largest absolute Gasteiger partial charge is 0.508 e. The van der Waals surface area contributed by atoms with Gasteiger partial charge in [0.15, 0.2) is 0 Å². The van der Waals surface area contributed by atoms with Crippen molar-refractivity contribution in [3.63, 3.8) is 0 Å². The molecule has 3 nitrogen and oxygen atoms in total. The lowest BCUT2D eigenvalue weighted by molar-refractivity contribution is 0.184. The summed E-state index contributed by atoms with van der Waals surface area (Å²) in [5.41, 5.74) is 1.99. The molecular weight excluding hydrogens is 190 g/mol. The van der Waals surface area contributed by atoms with Gasteiger partial charge >= 0.3 is 0 Å². The van der Waals surface area contributed by atoms with Crippen molar-refractivity contribution >= 4 is 18.1 Å². The van der Waals surface area contributed by atoms with Crippen LogP contribution in [0, 0.1) is 0 Å². The number of hydrogen-bond donors (Lipinski definition) is 3. The lowest BCUT2D eigenvalue weighted by atomic mass is 10.0. The van der Waals surface area contributed by atoms with Gasteiger partial charge in [0.2, 0.25) is 0 Å². The van der Waals surface area contributed by atoms with Gasteiger partial charge in [0, 0.05) is 18.7 Å². The molecule has 0 saturated carbocycles. The Bertz CT molecular complexity index is 304. The molecule has 0 fully saturated rings. The number of anilines is 1. The highest BCUT2D eigenvalue weighted by Crippen LogP contribution is 2.25. The molecule has 1 aromatic carbocycles. The first-order chi connectivity index (χ1) is 5.75. The van der Waals surface area contributed by atoms with Crippen molar-refractivity contribution in [3.8, 4) is 5.75 Å². The number of phenolic OH excluding ortho intramolecular Hbond substituents is 1. The Kier molecular flexibility index (Phi) is 3.01. The molecule has 1 aliphatic rings. The van der Waals surface area contributed by atoms with Crippen LogP contribution in [0.5, 0.6) is 5.75 Å². The van der Waals surface area contributed by atoms with Crippen molar-refractivity contribution < 1.29 is 10.2 Å². The monoisotopic (exact) mass is 201 g/mol. The molecule has 72 valence electrons. The molecule has 1 aliphatic heterocycles. The number of phenols is 1. The van der Waals surface area contributed by atoms with Gasteiger partial charge in [0.25, 0.3) is 0 Å². The fourth-order valence-corrected chi connectivity index (χ4v) is 1.48. The summed E-state index contributed by atoms with van der Waals surface area (Å²) in [4.78, 5) is 0. The number of fused-ring (bicyclic) bond motifs is 1. The molecular formula is C9H12ClNO2. The van der Waals surface area contributed by atoms with E-state index in [2.05, 4.69) is 5.32 Å². The molecule has 1 atom stereocenters. The highest BCUT2D eigenvalue weighted by atomic mass is 35.5. The SMILES string of the molecule is Cl.Oc1ccc2c(c1)CC(O)CN2. The van der Waals surface area contributed by atoms with Gasteiger partial charge in [-0.1, -0.05) is 0 Å². The Morgan fingerprint density at radius 3 is 2.92 bits per heavy atom. The van der Waals surface area contributed by atoms with Gasteiger partial charge in [-0.05, 0) is 23.8 Å². The maximum absolute atomic E-state index is 9.30. The van der Waals surface area contributed by atoms with Gasteiger partial charge < -0.3 is 15.5 Å². The standard InChI is InChI=1S/C9H11NO2.ClH/c11-7-1-2-9-6(3-7)4-8(12)5-10-9;/h1-3,8,10-12H,4-5H2;1H. The van der Waals surface area contributed by atoms with Crippen molar-refractivity contribution in [1.29, 1.82) is 0 Å². The number of aliphatic hydroxyl groups is 1. The topological polar surface area (TPSA) is 52.5 Å². The van der Waals surface area contributed by atoms with E-state index in [1.165, 1.54) is 0 Å². The zero-order valence-electron chi connectivity index (χ0n) is 7.03. The number of aliphatic hydroxyl groups excluding tert-OH is 1. The summed E-state index contributed by atoms with van der Waals surface area (Å²) in [6.07, 6.45) is 0.288. The molecule has 0 radical (unpaired) electrons. The minimum atomic E-state index is -0.334. The maximum atomic E-state index is 9.30. The second-order valence-corrected chi connectivity index (χ2v) is 3.08. The number of rotatable bonds is 0. The van der Waals surface area contributed by atoms with Crippen LogP contribution >= 0.6 is 12.4 Å². The van der Waals surface area contributed by atoms with E-state index in [0.29, 0.717) is 13.0 Å². The van der Waals surface area contributed by atoms with Gasteiger partial charge in [-0.3, -0.25) is 0 Å². The number of β-amino-alcohol motifs (C(OH)–C–C–N with tert-alkyl or cyclic N) is 1. The average Bonchev–Trinajstić information content (AvgIpc) is 2.03. The van der Waals surface area contributed by atoms with Gasteiger partial charge in [0.1, 0.15) is 5.75 Å². The van der Waals surface area contributed by atoms with E-state index in [0.717, 1.165) is 11.3 Å². The zero-order chi connectivity index (χ0) is 8.55. The third-order valence-electron chi connectivity index (χ3n) is 2.07. The summed E-state index contributed by atoms with van der Waals surface area (Å²) < 4.78 is 0. The average molecular weight is 202 g/mol. The molecule has 0 bridgehead atoms. The van der Waals surface area contributed by atoms with E-state index >= 15 is 0 Å². The smallest absolute Gasteiger partial charge is 0.116 e. The Labute approximate surface area is 82.8 Å². The van der Waals surface area contributed by atoms with Crippen LogP contribution in [0.1, 0.15) is 5.56 Å². The van der Waals surface area contributed by atoms with Crippen LogP contribution in [-0.4, -0.2) is 22.9 Å². The Hall–Kier alpha value is -0.930. The first-order valence-corrected chi connectivity index (χ1v) is 3.99. The van der Waals surface area contributed by atoms with Crippen molar-refractivity contribution in [3.05, 3.63) is 23.8 Å². The minimum absolute atomic E-state index is 0. The third-order valence-corrected chi connectivity index (χ3v) is 2.07. The quantitative estimate of drug-likeness (QED) is 0.552. The Balaban J connectivity index is 0.000000845. The third kappa shape index (κ3) is 2.05. The van der Waals surface area contributed by atoms with Crippen molar-refractivity contribution in [2.45, 2.75) is 12.5 Å². The van der Waals surface area contributed by atoms with E-state index in [1.807, 2.05) is 6.07 Å². The summed E-state index contributed by atoms with van der Waals surface area (Å²) in [5, 5.41) is 21.5. The van der Waals surface area contributed by atoms with E-state index in [4.69, 9.17) is 5.11 Å². The Morgan fingerprint density at radius 2 is 2.15 bits per heavy atom. The van der Waals surface area contributed by atoms with Crippen molar-refractivity contribution in [2.75, 3.05) is 11.9 Å². The summed E-state index contributed by atoms with van der Waals surface area (Å²) in [5.74, 6) is 0.254. The molecule has 4 heteroatoms. The molecule has 0 spiro atoms. The molecule has 0 aromatic heterocycles. The predicted octanol–water partition coefficient (Wildman–Crippen LogP) is 1.14. The predicted molar refractivity (Wildman–Crippen MR) is 53.6 cm³/mol. The van der Waals surface area contributed by atoms with Crippen molar-refractivity contribution in [2.24, 2.45) is 0 Å². The molecule has 0 aliphatic carbocycles. The molecule has 3 N–H and O–H groups in total. The molecule has 2 rings (SSSR count). The number of aromatic hydroxyl groups is 1. The second kappa shape index (κ2) is 3.85. The maximum Gasteiger partial charge on any atom is 0.116 e. The van der Waals surface area contributed by atoms with Crippen LogP contribution in [-0.2, 0) is 6.42 Å². The van der Waals surface area contributed by atoms with Gasteiger partial charge in [0.05, 0.1) is 6.10 Å². The van der Waals surface area contributed by atoms with Crippen LogP contribution < -0.4 is 5.32 Å². The van der Waals surface area contributed by atoms with E-state index in [1.54, 1.807) is 12.1 Å². The summed E-state index contributed by atoms with van der Waals surface area (Å²) in [6, 6.07) is 5.16. The molecule has 0 amide bonds. The van der Waals surface area contributed by atoms with E-state index in [9.17, 15) is 5.11 Å². The normalized spacial score (nSPS) is 19.6. The number of halogens is 1. The zero-order valence-corrected chi connectivity index (χ0v) is 7.84.